The number of hydrogen-bond donors (Lipinski definition) is 0. The van der Waals surface area contributed by atoms with Crippen molar-refractivity contribution >= 4 is 11.6 Å². The molecule has 0 aliphatic heterocycles. The van der Waals surface area contributed by atoms with Crippen LogP contribution in [0.25, 0.3) is 0 Å². The zero-order chi connectivity index (χ0) is 23.9. The predicted octanol–water partition coefficient (Wildman–Crippen LogP) is 5.88. The van der Waals surface area contributed by atoms with Crippen LogP contribution in [-0.2, 0) is 9.59 Å². The SMILES string of the molecule is CCN(CC)CCOc1ccc([C@H]2C[C@]3(C)C(=O)CC[C@H]3[C@@H]3CCC4=CC(=O)CCC4=C32)cc1. The summed E-state index contributed by atoms with van der Waals surface area (Å²) in [4.78, 5) is 27.6. The van der Waals surface area contributed by atoms with E-state index in [9.17, 15) is 9.59 Å². The number of ether oxygens (including phenoxy) is 1. The molecule has 182 valence electrons. The Kier molecular flexibility index (Phi) is 6.54. The molecule has 2 fully saturated rings. The molecule has 4 aliphatic rings. The van der Waals surface area contributed by atoms with E-state index in [0.29, 0.717) is 30.6 Å². The first-order chi connectivity index (χ1) is 16.4. The highest BCUT2D eigenvalue weighted by atomic mass is 16.5. The van der Waals surface area contributed by atoms with Gasteiger partial charge in [-0.3, -0.25) is 9.59 Å². The minimum absolute atomic E-state index is 0.218. The molecule has 4 heteroatoms. The van der Waals surface area contributed by atoms with Crippen molar-refractivity contribution in [3.63, 3.8) is 0 Å². The van der Waals surface area contributed by atoms with Crippen molar-refractivity contribution in [2.75, 3.05) is 26.2 Å². The second kappa shape index (κ2) is 9.45. The molecule has 0 heterocycles. The lowest BCUT2D eigenvalue weighted by Crippen LogP contribution is -2.43. The Balaban J connectivity index is 1.45. The third-order valence-electron chi connectivity index (χ3n) is 9.30. The van der Waals surface area contributed by atoms with Crippen molar-refractivity contribution in [1.29, 1.82) is 0 Å². The lowest BCUT2D eigenvalue weighted by molar-refractivity contribution is -0.128. The van der Waals surface area contributed by atoms with Crippen LogP contribution in [0, 0.1) is 17.3 Å². The normalized spacial score (nSPS) is 30.7. The monoisotopic (exact) mass is 461 g/mol. The van der Waals surface area contributed by atoms with Gasteiger partial charge < -0.3 is 9.64 Å². The largest absolute Gasteiger partial charge is 0.492 e. The molecule has 0 bridgehead atoms. The summed E-state index contributed by atoms with van der Waals surface area (Å²) in [7, 11) is 0. The highest BCUT2D eigenvalue weighted by Crippen LogP contribution is 2.62. The summed E-state index contributed by atoms with van der Waals surface area (Å²) < 4.78 is 6.04. The van der Waals surface area contributed by atoms with Crippen LogP contribution in [-0.4, -0.2) is 42.7 Å². The van der Waals surface area contributed by atoms with E-state index >= 15 is 0 Å². The van der Waals surface area contributed by atoms with Crippen LogP contribution in [0.4, 0.5) is 0 Å². The molecule has 5 rings (SSSR count). The maximum absolute atomic E-state index is 13.1. The molecule has 0 saturated heterocycles. The average Bonchev–Trinajstić information content (AvgIpc) is 3.15. The standard InChI is InChI=1S/C30H39NO3/c1-4-31(5-2)16-17-34-23-10-6-20(7-11-23)26-19-30(3)27(14-15-28(30)33)25-12-8-21-18-22(32)9-13-24(21)29(25)26/h6-7,10-11,18,25-27H,4-5,8-9,12-17,19H2,1-3H3/t25-,26+,27-,30-/m0/s1. The molecule has 0 unspecified atom stereocenters. The Morgan fingerprint density at radius 2 is 1.76 bits per heavy atom. The molecule has 0 spiro atoms. The number of likely N-dealkylation sites (N-methyl/N-ethyl adjacent to an activating group) is 1. The Morgan fingerprint density at radius 3 is 2.50 bits per heavy atom. The van der Waals surface area contributed by atoms with Gasteiger partial charge in [-0.2, -0.15) is 0 Å². The quantitative estimate of drug-likeness (QED) is 0.509. The first kappa shape index (κ1) is 23.5. The summed E-state index contributed by atoms with van der Waals surface area (Å²) in [5.74, 6) is 2.83. The molecule has 0 N–H and O–H groups in total. The van der Waals surface area contributed by atoms with Crippen molar-refractivity contribution in [2.24, 2.45) is 17.3 Å². The van der Waals surface area contributed by atoms with E-state index < -0.39 is 0 Å². The van der Waals surface area contributed by atoms with Crippen LogP contribution in [0.3, 0.4) is 0 Å². The minimum Gasteiger partial charge on any atom is -0.492 e. The third kappa shape index (κ3) is 4.08. The molecule has 0 amide bonds. The van der Waals surface area contributed by atoms with E-state index in [1.54, 1.807) is 5.57 Å². The Hall–Kier alpha value is -2.20. The van der Waals surface area contributed by atoms with Gasteiger partial charge in [0.2, 0.25) is 0 Å². The van der Waals surface area contributed by atoms with Crippen LogP contribution in [0.1, 0.15) is 77.2 Å². The molecular formula is C30H39NO3. The number of ketones is 2. The van der Waals surface area contributed by atoms with Gasteiger partial charge in [0, 0.05) is 30.7 Å². The fraction of sp³-hybridized carbons (Fsp3) is 0.600. The fourth-order valence-electron chi connectivity index (χ4n) is 7.36. The van der Waals surface area contributed by atoms with Gasteiger partial charge in [-0.15, -0.1) is 0 Å². The van der Waals surface area contributed by atoms with Gasteiger partial charge in [0.15, 0.2) is 5.78 Å². The zero-order valence-corrected chi connectivity index (χ0v) is 21.1. The van der Waals surface area contributed by atoms with Crippen molar-refractivity contribution in [2.45, 2.75) is 71.6 Å². The molecule has 1 aromatic rings. The number of fused-ring (bicyclic) bond motifs is 4. The number of allylic oxidation sites excluding steroid dienone is 4. The molecule has 4 aliphatic carbocycles. The van der Waals surface area contributed by atoms with Gasteiger partial charge >= 0.3 is 0 Å². The first-order valence-electron chi connectivity index (χ1n) is 13.4. The van der Waals surface area contributed by atoms with Gasteiger partial charge in [-0.25, -0.2) is 0 Å². The van der Waals surface area contributed by atoms with Crippen molar-refractivity contribution in [1.82, 2.24) is 4.90 Å². The number of nitrogens with zero attached hydrogens (tertiary/aromatic N) is 1. The number of carbonyl (C=O) groups is 2. The van der Waals surface area contributed by atoms with E-state index in [4.69, 9.17) is 4.74 Å². The molecule has 2 saturated carbocycles. The number of hydrogen-bond acceptors (Lipinski definition) is 4. The lowest BCUT2D eigenvalue weighted by Gasteiger charge is -2.50. The Labute approximate surface area is 204 Å². The molecule has 4 nitrogen and oxygen atoms in total. The van der Waals surface area contributed by atoms with E-state index in [2.05, 4.69) is 49.9 Å². The van der Waals surface area contributed by atoms with Gasteiger partial charge in [0.25, 0.3) is 0 Å². The number of Topliss-reactive ketones (excluding diaryl/α,β-unsaturated/α-hetero) is 1. The van der Waals surface area contributed by atoms with Crippen LogP contribution >= 0.6 is 0 Å². The summed E-state index contributed by atoms with van der Waals surface area (Å²) in [5, 5.41) is 0. The molecule has 34 heavy (non-hydrogen) atoms. The molecular weight excluding hydrogens is 422 g/mol. The Morgan fingerprint density at radius 1 is 1.00 bits per heavy atom. The van der Waals surface area contributed by atoms with Crippen molar-refractivity contribution in [3.8, 4) is 5.75 Å². The maximum Gasteiger partial charge on any atom is 0.156 e. The van der Waals surface area contributed by atoms with Gasteiger partial charge in [0.1, 0.15) is 18.1 Å². The summed E-state index contributed by atoms with van der Waals surface area (Å²) in [6, 6.07) is 8.65. The van der Waals surface area contributed by atoms with Crippen LogP contribution in [0.5, 0.6) is 5.75 Å². The number of rotatable bonds is 7. The third-order valence-corrected chi connectivity index (χ3v) is 9.30. The first-order valence-corrected chi connectivity index (χ1v) is 13.4. The summed E-state index contributed by atoms with van der Waals surface area (Å²) in [6.07, 6.45) is 8.14. The molecule has 0 aromatic heterocycles. The molecule has 4 atom stereocenters. The highest BCUT2D eigenvalue weighted by molar-refractivity contribution is 5.93. The van der Waals surface area contributed by atoms with Gasteiger partial charge in [-0.1, -0.05) is 38.5 Å². The van der Waals surface area contributed by atoms with Crippen molar-refractivity contribution in [3.05, 3.63) is 52.6 Å². The van der Waals surface area contributed by atoms with Gasteiger partial charge in [0.05, 0.1) is 0 Å². The Bertz CT molecular complexity index is 1020. The maximum atomic E-state index is 13.1. The second-order valence-electron chi connectivity index (χ2n) is 10.9. The summed E-state index contributed by atoms with van der Waals surface area (Å²) in [5.41, 5.74) is 5.35. The number of benzene rings is 1. The summed E-state index contributed by atoms with van der Waals surface area (Å²) >= 11 is 0. The minimum atomic E-state index is -0.218. The fourth-order valence-corrected chi connectivity index (χ4v) is 7.36. The molecule has 0 radical (unpaired) electrons. The van der Waals surface area contributed by atoms with Crippen LogP contribution in [0.15, 0.2) is 47.1 Å². The predicted molar refractivity (Wildman–Crippen MR) is 135 cm³/mol. The van der Waals surface area contributed by atoms with Crippen LogP contribution in [0.2, 0.25) is 0 Å². The number of carbonyl (C=O) groups excluding carboxylic acids is 2. The lowest BCUT2D eigenvalue weighted by atomic mass is 9.53. The van der Waals surface area contributed by atoms with Gasteiger partial charge in [-0.05, 0) is 91.9 Å². The van der Waals surface area contributed by atoms with E-state index in [1.165, 1.54) is 16.7 Å². The smallest absolute Gasteiger partial charge is 0.156 e. The second-order valence-corrected chi connectivity index (χ2v) is 10.9. The summed E-state index contributed by atoms with van der Waals surface area (Å²) in [6.45, 7) is 10.3. The topological polar surface area (TPSA) is 46.6 Å². The highest BCUT2D eigenvalue weighted by Gasteiger charge is 2.56. The molecule has 1 aromatic carbocycles. The van der Waals surface area contributed by atoms with Crippen LogP contribution < -0.4 is 4.74 Å². The van der Waals surface area contributed by atoms with E-state index in [0.717, 1.165) is 63.9 Å². The van der Waals surface area contributed by atoms with E-state index in [-0.39, 0.29) is 17.1 Å². The van der Waals surface area contributed by atoms with E-state index in [1.807, 2.05) is 6.08 Å². The zero-order valence-electron chi connectivity index (χ0n) is 21.1. The van der Waals surface area contributed by atoms with Crippen molar-refractivity contribution < 1.29 is 14.3 Å². The average molecular weight is 462 g/mol.